The number of hydrogen-bond donors (Lipinski definition) is 5. The summed E-state index contributed by atoms with van der Waals surface area (Å²) in [5, 5.41) is 7.81. The van der Waals surface area contributed by atoms with E-state index < -0.39 is 30.1 Å². The molecule has 7 N–H and O–H groups in total. The molecule has 0 atom stereocenters. The molecule has 0 radical (unpaired) electrons. The minimum Gasteiger partial charge on any atom is -0.383 e. The van der Waals surface area contributed by atoms with Crippen molar-refractivity contribution < 1.29 is 30.0 Å². The lowest BCUT2D eigenvalue weighted by atomic mass is 9.94. The number of nitrogens with two attached hydrogens (primary N) is 2. The molecule has 0 bridgehead atoms. The fraction of sp³-hybridized carbons (Fsp3) is 0.143. The number of primary sulfonamides is 1. The molecule has 4 heterocycles. The van der Waals surface area contributed by atoms with E-state index in [9.17, 15) is 30.0 Å². The number of anilines is 1. The number of hydrogen-bond acceptors (Lipinski definition) is 9. The van der Waals surface area contributed by atoms with Gasteiger partial charge in [-0.1, -0.05) is 50.1 Å². The summed E-state index contributed by atoms with van der Waals surface area (Å²) in [7, 11) is -10.2. The van der Waals surface area contributed by atoms with Gasteiger partial charge in [0.15, 0.2) is 0 Å². The predicted octanol–water partition coefficient (Wildman–Crippen LogP) is 4.72. The normalized spacial score (nSPS) is 16.1. The van der Waals surface area contributed by atoms with Gasteiger partial charge in [0.1, 0.15) is 5.82 Å². The van der Waals surface area contributed by atoms with Gasteiger partial charge in [-0.3, -0.25) is 4.79 Å². The number of amides is 1. The molecule has 3 aliphatic heterocycles. The molecule has 1 aromatic heterocycles. The summed E-state index contributed by atoms with van der Waals surface area (Å²) < 4.78 is 75.0. The van der Waals surface area contributed by atoms with Crippen LogP contribution in [0.15, 0.2) is 109 Å². The Balaban J connectivity index is 0.000000164. The quantitative estimate of drug-likeness (QED) is 0.169. The first-order chi connectivity index (χ1) is 24.9. The molecule has 53 heavy (non-hydrogen) atoms. The van der Waals surface area contributed by atoms with Gasteiger partial charge in [-0.15, -0.1) is 0 Å². The number of nitrogens with zero attached hydrogens (tertiary/aromatic N) is 1. The molecule has 0 spiro atoms. The number of fused-ring (bicyclic) bond motifs is 3. The van der Waals surface area contributed by atoms with Gasteiger partial charge >= 0.3 is 0 Å². The Morgan fingerprint density at radius 2 is 1.30 bits per heavy atom. The summed E-state index contributed by atoms with van der Waals surface area (Å²) in [6.07, 6.45) is 2.46. The third kappa shape index (κ3) is 8.54. The molecule has 0 fully saturated rings. The van der Waals surface area contributed by atoms with E-state index in [4.69, 9.17) is 10.9 Å². The lowest BCUT2D eigenvalue weighted by molar-refractivity contribution is 0.0946. The number of aromatic nitrogens is 1. The number of nitrogens with one attached hydrogen (secondary N) is 3. The van der Waals surface area contributed by atoms with Crippen molar-refractivity contribution in [1.82, 2.24) is 19.7 Å². The van der Waals surface area contributed by atoms with Crippen LogP contribution in [-0.2, 0) is 49.6 Å². The second-order valence-electron chi connectivity index (χ2n) is 12.2. The fourth-order valence-corrected chi connectivity index (χ4v) is 10.1. The number of sulfonamides is 3. The van der Waals surface area contributed by atoms with Crippen molar-refractivity contribution in [2.24, 2.45) is 5.14 Å². The Kier molecular flexibility index (Phi) is 11.0. The highest BCUT2D eigenvalue weighted by atomic mass is 79.9. The van der Waals surface area contributed by atoms with Crippen LogP contribution in [0.3, 0.4) is 0 Å². The molecular weight excluding hydrogens is 872 g/mol. The Morgan fingerprint density at radius 1 is 0.717 bits per heavy atom. The second kappa shape index (κ2) is 15.0. The van der Waals surface area contributed by atoms with E-state index in [0.29, 0.717) is 39.8 Å². The fourth-order valence-electron chi connectivity index (χ4n) is 6.00. The monoisotopic (exact) mass is 902 g/mol. The third-order valence-electron chi connectivity index (χ3n) is 8.60. The standard InChI is InChI=1S/C21H18N4O3S.C7H6BrNO2S.C7H8BrNO2S/c22-20-18(13-1-3-17-14(8-13)5-6-23-21(17)26)9-15(10-24-20)12-2-4-19-16(7-12)11-25-29(19,27)28;8-6-1-2-7-5(3-6)4-9-12(7,10)11;1-5-4-6(8)2-3-7(5)12(9,10)11/h1-4,7-10,25H,5-6,11H2,(H2,22,24)(H,23,26);1-3,9H,4H2;2-4H,1H3,(H2,9,10,11). The lowest BCUT2D eigenvalue weighted by Crippen LogP contribution is -2.31. The van der Waals surface area contributed by atoms with Crippen LogP contribution in [0.1, 0.15) is 32.6 Å². The van der Waals surface area contributed by atoms with Gasteiger partial charge < -0.3 is 11.1 Å². The van der Waals surface area contributed by atoms with E-state index in [-0.39, 0.29) is 17.3 Å². The van der Waals surface area contributed by atoms with Gasteiger partial charge in [0.2, 0.25) is 30.1 Å². The van der Waals surface area contributed by atoms with Crippen molar-refractivity contribution in [2.75, 3.05) is 12.3 Å². The molecule has 1 amide bonds. The van der Waals surface area contributed by atoms with E-state index in [1.807, 2.05) is 36.4 Å². The van der Waals surface area contributed by atoms with Crippen LogP contribution >= 0.6 is 31.9 Å². The predicted molar refractivity (Wildman–Crippen MR) is 208 cm³/mol. The summed E-state index contributed by atoms with van der Waals surface area (Å²) in [5.74, 6) is 0.346. The van der Waals surface area contributed by atoms with Crippen molar-refractivity contribution in [3.8, 4) is 22.3 Å². The maximum atomic E-state index is 12.0. The van der Waals surface area contributed by atoms with E-state index in [0.717, 1.165) is 54.3 Å². The molecule has 13 nitrogen and oxygen atoms in total. The molecule has 3 aliphatic rings. The SMILES string of the molecule is Cc1cc(Br)ccc1S(N)(=O)=O.Nc1ncc(-c2ccc3c(c2)CNS3(=O)=O)cc1-c1ccc2c(c1)CCNC2=O.O=S1(=O)NCc2cc(Br)ccc21. The number of rotatable bonds is 3. The van der Waals surface area contributed by atoms with Crippen molar-refractivity contribution in [3.05, 3.63) is 122 Å². The summed E-state index contributed by atoms with van der Waals surface area (Å²) in [5.41, 5.74) is 13.4. The molecule has 0 saturated heterocycles. The molecule has 18 heteroatoms. The smallest absolute Gasteiger partial charge is 0.251 e. The molecule has 4 aromatic carbocycles. The van der Waals surface area contributed by atoms with Gasteiger partial charge in [0.05, 0.1) is 14.7 Å². The molecule has 276 valence electrons. The van der Waals surface area contributed by atoms with Crippen LogP contribution in [0.5, 0.6) is 0 Å². The zero-order valence-electron chi connectivity index (χ0n) is 27.9. The van der Waals surface area contributed by atoms with E-state index in [1.54, 1.807) is 49.5 Å². The summed E-state index contributed by atoms with van der Waals surface area (Å²) in [6.45, 7) is 3.00. The zero-order valence-corrected chi connectivity index (χ0v) is 33.5. The number of carbonyl (C=O) groups is 1. The minimum atomic E-state index is -3.57. The zero-order chi connectivity index (χ0) is 38.3. The van der Waals surface area contributed by atoms with Gasteiger partial charge in [-0.2, -0.15) is 0 Å². The van der Waals surface area contributed by atoms with E-state index >= 15 is 0 Å². The van der Waals surface area contributed by atoms with Gasteiger partial charge in [0, 0.05) is 51.5 Å². The van der Waals surface area contributed by atoms with Crippen LogP contribution in [-0.4, -0.2) is 42.7 Å². The van der Waals surface area contributed by atoms with E-state index in [1.165, 1.54) is 6.07 Å². The first kappa shape index (κ1) is 38.7. The number of carbonyl (C=O) groups excluding carboxylic acids is 1. The maximum absolute atomic E-state index is 12.0. The second-order valence-corrected chi connectivity index (χ2v) is 19.0. The topological polar surface area (TPSA) is 221 Å². The molecule has 0 aliphatic carbocycles. The van der Waals surface area contributed by atoms with Crippen molar-refractivity contribution in [2.45, 2.75) is 41.1 Å². The highest BCUT2D eigenvalue weighted by molar-refractivity contribution is 9.10. The van der Waals surface area contributed by atoms with E-state index in [2.05, 4.69) is 51.6 Å². The average molecular weight is 905 g/mol. The van der Waals surface area contributed by atoms with Gasteiger partial charge in [0.25, 0.3) is 5.91 Å². The third-order valence-corrected chi connectivity index (χ3v) is 13.7. The summed E-state index contributed by atoms with van der Waals surface area (Å²) in [4.78, 5) is 17.2. The van der Waals surface area contributed by atoms with Crippen molar-refractivity contribution in [3.63, 3.8) is 0 Å². The minimum absolute atomic E-state index is 0.0562. The largest absolute Gasteiger partial charge is 0.383 e. The van der Waals surface area contributed by atoms with Crippen LogP contribution in [0.2, 0.25) is 0 Å². The Morgan fingerprint density at radius 3 is 1.96 bits per heavy atom. The summed E-state index contributed by atoms with van der Waals surface area (Å²) in [6, 6.07) is 22.9. The Labute approximate surface area is 324 Å². The van der Waals surface area contributed by atoms with Gasteiger partial charge in [-0.05, 0) is 107 Å². The summed E-state index contributed by atoms with van der Waals surface area (Å²) >= 11 is 6.51. The van der Waals surface area contributed by atoms with Crippen LogP contribution < -0.4 is 25.6 Å². The van der Waals surface area contributed by atoms with Crippen LogP contribution in [0.4, 0.5) is 5.82 Å². The maximum Gasteiger partial charge on any atom is 0.251 e. The number of nitrogen functional groups attached to an aromatic ring is 1. The van der Waals surface area contributed by atoms with Gasteiger partial charge in [-0.25, -0.2) is 44.8 Å². The number of aryl methyl sites for hydroxylation is 1. The Hall–Kier alpha value is -4.01. The number of halogens is 2. The molecular formula is C35H32Br2N6O7S3. The molecule has 0 saturated carbocycles. The first-order valence-corrected chi connectivity index (χ1v) is 21.9. The molecule has 0 unspecified atom stereocenters. The molecule has 8 rings (SSSR count). The lowest BCUT2D eigenvalue weighted by Gasteiger charge is -2.18. The molecule has 5 aromatic rings. The highest BCUT2D eigenvalue weighted by Crippen LogP contribution is 2.34. The van der Waals surface area contributed by atoms with Crippen LogP contribution in [0.25, 0.3) is 22.3 Å². The highest BCUT2D eigenvalue weighted by Gasteiger charge is 2.26. The average Bonchev–Trinajstić information content (AvgIpc) is 3.57. The Bertz CT molecular complexity index is 2630. The van der Waals surface area contributed by atoms with Crippen LogP contribution in [0, 0.1) is 6.92 Å². The van der Waals surface area contributed by atoms with Crippen molar-refractivity contribution in [1.29, 1.82) is 0 Å². The number of benzene rings is 4. The van der Waals surface area contributed by atoms with Crippen molar-refractivity contribution >= 4 is 73.7 Å². The first-order valence-electron chi connectivity index (χ1n) is 15.8. The number of pyridine rings is 1.